The van der Waals surface area contributed by atoms with Gasteiger partial charge in [-0.1, -0.05) is 74.0 Å². The van der Waals surface area contributed by atoms with Crippen molar-refractivity contribution < 1.29 is 19.1 Å². The van der Waals surface area contributed by atoms with Gasteiger partial charge < -0.3 is 20.3 Å². The lowest BCUT2D eigenvalue weighted by Crippen LogP contribution is -2.55. The standard InChI is InChI=1S/C34H45N3O4S/c1-22(2)15-16-24(4)37(32(39)29(21-42)36-33(40)41-34(5,6)7)30(27-14-10-11-23(3)19-27)31(38)35-28-18-17-25-12-8-9-13-26(25)20-28/h8-14,17-20,22,24,29-30,42H,15-16,21H2,1-7H3,(H,35,38)(H,36,40). The van der Waals surface area contributed by atoms with Crippen molar-refractivity contribution in [2.24, 2.45) is 5.92 Å². The van der Waals surface area contributed by atoms with Crippen molar-refractivity contribution in [2.75, 3.05) is 11.1 Å². The number of hydrogen-bond acceptors (Lipinski definition) is 5. The van der Waals surface area contributed by atoms with Gasteiger partial charge in [0.15, 0.2) is 0 Å². The smallest absolute Gasteiger partial charge is 0.408 e. The Bertz CT molecular complexity index is 1380. The number of ether oxygens (including phenoxy) is 1. The van der Waals surface area contributed by atoms with Crippen LogP contribution < -0.4 is 10.6 Å². The van der Waals surface area contributed by atoms with E-state index in [1.807, 2.05) is 80.6 Å². The number of alkyl carbamates (subject to hydrolysis) is 1. The van der Waals surface area contributed by atoms with Gasteiger partial charge in [-0.05, 0) is 81.8 Å². The Labute approximate surface area is 255 Å². The Morgan fingerprint density at radius 3 is 2.21 bits per heavy atom. The topological polar surface area (TPSA) is 87.7 Å². The van der Waals surface area contributed by atoms with Crippen LogP contribution in [0.2, 0.25) is 0 Å². The number of amides is 3. The molecule has 3 atom stereocenters. The molecule has 0 aliphatic heterocycles. The van der Waals surface area contributed by atoms with Crippen LogP contribution in [-0.2, 0) is 14.3 Å². The Morgan fingerprint density at radius 2 is 1.60 bits per heavy atom. The van der Waals surface area contributed by atoms with E-state index in [-0.39, 0.29) is 17.7 Å². The summed E-state index contributed by atoms with van der Waals surface area (Å²) in [5.41, 5.74) is 1.56. The fourth-order valence-electron chi connectivity index (χ4n) is 4.88. The first-order chi connectivity index (χ1) is 19.8. The van der Waals surface area contributed by atoms with E-state index in [2.05, 4.69) is 37.1 Å². The van der Waals surface area contributed by atoms with E-state index in [0.717, 1.165) is 22.8 Å². The zero-order valence-corrected chi connectivity index (χ0v) is 26.7. The van der Waals surface area contributed by atoms with Crippen LogP contribution in [-0.4, -0.2) is 46.2 Å². The monoisotopic (exact) mass is 591 g/mol. The Balaban J connectivity index is 2.05. The van der Waals surface area contributed by atoms with Crippen molar-refractivity contribution in [1.82, 2.24) is 10.2 Å². The molecule has 0 spiro atoms. The third-order valence-electron chi connectivity index (χ3n) is 6.96. The van der Waals surface area contributed by atoms with Gasteiger partial charge in [-0.25, -0.2) is 4.79 Å². The molecule has 0 saturated carbocycles. The molecule has 2 N–H and O–H groups in total. The van der Waals surface area contributed by atoms with E-state index in [1.165, 1.54) is 0 Å². The maximum atomic E-state index is 14.3. The minimum Gasteiger partial charge on any atom is -0.444 e. The van der Waals surface area contributed by atoms with Crippen LogP contribution >= 0.6 is 12.6 Å². The molecule has 0 fully saturated rings. The molecule has 3 aromatic carbocycles. The number of rotatable bonds is 11. The summed E-state index contributed by atoms with van der Waals surface area (Å²) in [5, 5.41) is 7.82. The number of anilines is 1. The van der Waals surface area contributed by atoms with Crippen molar-refractivity contribution in [3.8, 4) is 0 Å². The summed E-state index contributed by atoms with van der Waals surface area (Å²) in [6.07, 6.45) is 0.834. The molecule has 3 aromatic rings. The summed E-state index contributed by atoms with van der Waals surface area (Å²) in [4.78, 5) is 42.9. The second kappa shape index (κ2) is 14.6. The van der Waals surface area contributed by atoms with E-state index in [9.17, 15) is 14.4 Å². The molecule has 42 heavy (non-hydrogen) atoms. The number of nitrogens with one attached hydrogen (secondary N) is 2. The summed E-state index contributed by atoms with van der Waals surface area (Å²) in [6.45, 7) is 13.4. The van der Waals surface area contributed by atoms with E-state index >= 15 is 0 Å². The lowest BCUT2D eigenvalue weighted by molar-refractivity contribution is -0.143. The molecule has 3 rings (SSSR count). The zero-order valence-electron chi connectivity index (χ0n) is 25.8. The van der Waals surface area contributed by atoms with Gasteiger partial charge in [0, 0.05) is 17.5 Å². The number of carbonyl (C=O) groups excluding carboxylic acids is 3. The molecule has 0 radical (unpaired) electrons. The van der Waals surface area contributed by atoms with Gasteiger partial charge in [-0.2, -0.15) is 12.6 Å². The first-order valence-electron chi connectivity index (χ1n) is 14.6. The second-order valence-electron chi connectivity index (χ2n) is 12.3. The van der Waals surface area contributed by atoms with Crippen LogP contribution in [0.4, 0.5) is 10.5 Å². The number of benzene rings is 3. The minimum absolute atomic E-state index is 0.0400. The van der Waals surface area contributed by atoms with E-state index < -0.39 is 29.7 Å². The van der Waals surface area contributed by atoms with Crippen LogP contribution in [0.15, 0.2) is 66.7 Å². The highest BCUT2D eigenvalue weighted by atomic mass is 32.1. The molecule has 226 valence electrons. The maximum Gasteiger partial charge on any atom is 0.408 e. The first kappa shape index (κ1) is 33.0. The summed E-state index contributed by atoms with van der Waals surface area (Å²) in [7, 11) is 0. The summed E-state index contributed by atoms with van der Waals surface area (Å²) < 4.78 is 5.43. The number of aryl methyl sites for hydroxylation is 1. The number of fused-ring (bicyclic) bond motifs is 1. The molecule has 3 unspecified atom stereocenters. The van der Waals surface area contributed by atoms with Gasteiger partial charge in [0.2, 0.25) is 5.91 Å². The Kier molecular flexibility index (Phi) is 11.5. The molecule has 0 saturated heterocycles. The molecule has 8 heteroatoms. The van der Waals surface area contributed by atoms with Crippen LogP contribution in [0.1, 0.15) is 71.6 Å². The fraction of sp³-hybridized carbons (Fsp3) is 0.441. The molecule has 0 aliphatic carbocycles. The molecule has 0 heterocycles. The molecule has 0 aliphatic rings. The zero-order chi connectivity index (χ0) is 31.0. The minimum atomic E-state index is -0.995. The van der Waals surface area contributed by atoms with Gasteiger partial charge in [0.25, 0.3) is 5.91 Å². The van der Waals surface area contributed by atoms with Crippen molar-refractivity contribution in [3.05, 3.63) is 77.9 Å². The van der Waals surface area contributed by atoms with Gasteiger partial charge in [-0.3, -0.25) is 9.59 Å². The average molecular weight is 592 g/mol. The Hall–Kier alpha value is -3.52. The number of carbonyl (C=O) groups is 3. The number of nitrogens with zero attached hydrogens (tertiary/aromatic N) is 1. The molecular weight excluding hydrogens is 546 g/mol. The lowest BCUT2D eigenvalue weighted by atomic mass is 9.96. The SMILES string of the molecule is Cc1cccc(C(C(=O)Nc2ccc3ccccc3c2)N(C(=O)C(CS)NC(=O)OC(C)(C)C)C(C)CCC(C)C)c1. The normalized spacial score (nSPS) is 13.7. The highest BCUT2D eigenvalue weighted by Gasteiger charge is 2.38. The van der Waals surface area contributed by atoms with Crippen LogP contribution in [0.3, 0.4) is 0 Å². The second-order valence-corrected chi connectivity index (χ2v) is 12.7. The fourth-order valence-corrected chi connectivity index (χ4v) is 5.13. The predicted molar refractivity (Wildman–Crippen MR) is 174 cm³/mol. The van der Waals surface area contributed by atoms with Crippen LogP contribution in [0, 0.1) is 12.8 Å². The van der Waals surface area contributed by atoms with Gasteiger partial charge in [0.1, 0.15) is 17.7 Å². The van der Waals surface area contributed by atoms with Crippen molar-refractivity contribution in [3.63, 3.8) is 0 Å². The molecular formula is C34H45N3O4S. The lowest BCUT2D eigenvalue weighted by Gasteiger charge is -2.38. The van der Waals surface area contributed by atoms with Gasteiger partial charge in [-0.15, -0.1) is 0 Å². The van der Waals surface area contributed by atoms with Crippen molar-refractivity contribution in [2.45, 2.75) is 85.0 Å². The molecule has 0 bridgehead atoms. The van der Waals surface area contributed by atoms with E-state index in [4.69, 9.17) is 4.74 Å². The highest BCUT2D eigenvalue weighted by molar-refractivity contribution is 7.80. The highest BCUT2D eigenvalue weighted by Crippen LogP contribution is 2.30. The van der Waals surface area contributed by atoms with Crippen LogP contribution in [0.25, 0.3) is 10.8 Å². The van der Waals surface area contributed by atoms with Gasteiger partial charge in [0.05, 0.1) is 0 Å². The summed E-state index contributed by atoms with van der Waals surface area (Å²) >= 11 is 4.41. The molecule has 0 aromatic heterocycles. The van der Waals surface area contributed by atoms with Crippen molar-refractivity contribution >= 4 is 47.0 Å². The first-order valence-corrected chi connectivity index (χ1v) is 15.2. The van der Waals surface area contributed by atoms with Crippen molar-refractivity contribution in [1.29, 1.82) is 0 Å². The molecule has 7 nitrogen and oxygen atoms in total. The molecule has 3 amide bonds. The third-order valence-corrected chi connectivity index (χ3v) is 7.33. The maximum absolute atomic E-state index is 14.3. The van der Waals surface area contributed by atoms with Gasteiger partial charge >= 0.3 is 6.09 Å². The van der Waals surface area contributed by atoms with E-state index in [1.54, 1.807) is 25.7 Å². The summed E-state index contributed by atoms with van der Waals surface area (Å²) in [6, 6.07) is 19.1. The predicted octanol–water partition coefficient (Wildman–Crippen LogP) is 7.30. The number of hydrogen-bond donors (Lipinski definition) is 3. The number of thiol groups is 1. The Morgan fingerprint density at radius 1 is 0.905 bits per heavy atom. The van der Waals surface area contributed by atoms with Crippen LogP contribution in [0.5, 0.6) is 0 Å². The summed E-state index contributed by atoms with van der Waals surface area (Å²) in [5.74, 6) is -0.282. The quantitative estimate of drug-likeness (QED) is 0.204. The largest absolute Gasteiger partial charge is 0.444 e. The van der Waals surface area contributed by atoms with E-state index in [0.29, 0.717) is 23.6 Å². The average Bonchev–Trinajstić information content (AvgIpc) is 2.91. The third kappa shape index (κ3) is 9.24.